The van der Waals surface area contributed by atoms with Crippen LogP contribution < -0.4 is 0 Å². The second-order valence-corrected chi connectivity index (χ2v) is 19.8. The van der Waals surface area contributed by atoms with Crippen LogP contribution in [0.5, 0.6) is 0 Å². The highest BCUT2D eigenvalue weighted by Gasteiger charge is 2.41. The van der Waals surface area contributed by atoms with Crippen molar-refractivity contribution in [3.05, 3.63) is 24.0 Å². The molecule has 0 spiro atoms. The van der Waals surface area contributed by atoms with E-state index in [2.05, 4.69) is 86.8 Å². The zero-order valence-electron chi connectivity index (χ0n) is 18.3. The predicted octanol–water partition coefficient (Wildman–Crippen LogP) is 6.26. The van der Waals surface area contributed by atoms with Gasteiger partial charge in [0.1, 0.15) is 18.0 Å². The normalized spacial score (nSPS) is 23.1. The van der Waals surface area contributed by atoms with Crippen molar-refractivity contribution in [3.63, 3.8) is 0 Å². The Morgan fingerprint density at radius 2 is 1.48 bits per heavy atom. The summed E-state index contributed by atoms with van der Waals surface area (Å²) in [4.78, 5) is 0. The third kappa shape index (κ3) is 6.09. The molecule has 0 radical (unpaired) electrons. The fourth-order valence-corrected chi connectivity index (χ4v) is 4.22. The van der Waals surface area contributed by atoms with Crippen molar-refractivity contribution in [2.45, 2.75) is 96.9 Å². The topological polar surface area (TPSA) is 27.7 Å². The Kier molecular flexibility index (Phi) is 6.99. The Bertz CT molecular complexity index is 508. The average molecular weight is 385 g/mol. The van der Waals surface area contributed by atoms with Gasteiger partial charge in [-0.05, 0) is 49.3 Å². The fourth-order valence-electron chi connectivity index (χ4n) is 1.98. The summed E-state index contributed by atoms with van der Waals surface area (Å²) in [7, 11) is -3.61. The second kappa shape index (κ2) is 7.71. The maximum absolute atomic E-state index is 6.55. The van der Waals surface area contributed by atoms with Crippen molar-refractivity contribution in [2.24, 2.45) is 0 Å². The standard InChI is InChI=1S/C20H40O3Si2/c1-16-18(23-25(10,11)20(5,6)7)14-12-13-17(22-16)15-21-24(8,9)19(2,3)4/h12-14,16,18H,15H2,1-11H3/t16-,18-/m0/s1. The van der Waals surface area contributed by atoms with E-state index in [1.807, 2.05) is 6.08 Å². The summed E-state index contributed by atoms with van der Waals surface area (Å²) in [6.07, 6.45) is 6.19. The van der Waals surface area contributed by atoms with Crippen LogP contribution in [-0.2, 0) is 13.6 Å². The molecule has 3 nitrogen and oxygen atoms in total. The lowest BCUT2D eigenvalue weighted by Gasteiger charge is -2.40. The number of rotatable bonds is 5. The minimum absolute atomic E-state index is 0.0116. The molecule has 0 fully saturated rings. The van der Waals surface area contributed by atoms with Gasteiger partial charge in [0.2, 0.25) is 0 Å². The van der Waals surface area contributed by atoms with E-state index in [4.69, 9.17) is 13.6 Å². The Labute approximate surface area is 158 Å². The number of ether oxygens (including phenoxy) is 1. The van der Waals surface area contributed by atoms with Crippen molar-refractivity contribution in [1.82, 2.24) is 0 Å². The van der Waals surface area contributed by atoms with Crippen LogP contribution in [0.1, 0.15) is 48.5 Å². The van der Waals surface area contributed by atoms with Crippen molar-refractivity contribution < 1.29 is 13.6 Å². The van der Waals surface area contributed by atoms with Crippen LogP contribution in [0.25, 0.3) is 0 Å². The van der Waals surface area contributed by atoms with Crippen LogP contribution in [0.4, 0.5) is 0 Å². The first-order valence-corrected chi connectivity index (χ1v) is 15.2. The van der Waals surface area contributed by atoms with E-state index in [1.165, 1.54) is 0 Å². The molecule has 0 unspecified atom stereocenters. The van der Waals surface area contributed by atoms with E-state index in [0.717, 1.165) is 5.76 Å². The summed E-state index contributed by atoms with van der Waals surface area (Å²) < 4.78 is 19.0. The molecular formula is C20H40O3Si2. The van der Waals surface area contributed by atoms with Gasteiger partial charge in [-0.3, -0.25) is 0 Å². The molecule has 0 aliphatic carbocycles. The Morgan fingerprint density at radius 1 is 0.960 bits per heavy atom. The van der Waals surface area contributed by atoms with Gasteiger partial charge in [-0.1, -0.05) is 53.7 Å². The second-order valence-electron chi connectivity index (χ2n) is 10.2. The summed E-state index contributed by atoms with van der Waals surface area (Å²) in [5.41, 5.74) is 0. The number of allylic oxidation sites excluding steroid dienone is 2. The van der Waals surface area contributed by atoms with Gasteiger partial charge in [-0.2, -0.15) is 0 Å². The molecule has 1 aliphatic rings. The first-order chi connectivity index (χ1) is 11.1. The van der Waals surface area contributed by atoms with Gasteiger partial charge >= 0.3 is 0 Å². The molecule has 2 atom stereocenters. The Hall–Kier alpha value is -0.366. The van der Waals surface area contributed by atoms with Gasteiger partial charge in [0.05, 0.1) is 6.61 Å². The maximum Gasteiger partial charge on any atom is 0.193 e. The summed E-state index contributed by atoms with van der Waals surface area (Å²) >= 11 is 0. The molecule has 0 bridgehead atoms. The SMILES string of the molecule is C[C@@H]1OC(CO[Si](C)(C)C(C)(C)C)=CC=C[C@@H]1O[Si](C)(C)C(C)(C)C. The quantitative estimate of drug-likeness (QED) is 0.524. The van der Waals surface area contributed by atoms with Crippen LogP contribution in [0.3, 0.4) is 0 Å². The summed E-state index contributed by atoms with van der Waals surface area (Å²) in [6.45, 7) is 25.3. The molecule has 0 aromatic rings. The van der Waals surface area contributed by atoms with E-state index in [-0.39, 0.29) is 22.3 Å². The average Bonchev–Trinajstić information content (AvgIpc) is 2.56. The highest BCUT2D eigenvalue weighted by Crippen LogP contribution is 2.39. The van der Waals surface area contributed by atoms with Crippen LogP contribution in [0, 0.1) is 0 Å². The molecule has 146 valence electrons. The molecule has 0 aromatic heterocycles. The number of hydrogen-bond acceptors (Lipinski definition) is 3. The molecule has 1 aliphatic heterocycles. The van der Waals surface area contributed by atoms with Gasteiger partial charge in [-0.25, -0.2) is 0 Å². The van der Waals surface area contributed by atoms with E-state index < -0.39 is 16.6 Å². The number of hydrogen-bond donors (Lipinski definition) is 0. The third-order valence-electron chi connectivity index (χ3n) is 6.00. The zero-order valence-corrected chi connectivity index (χ0v) is 20.3. The lowest BCUT2D eigenvalue weighted by atomic mass is 10.2. The van der Waals surface area contributed by atoms with Crippen LogP contribution in [-0.4, -0.2) is 35.4 Å². The summed E-state index contributed by atoms with van der Waals surface area (Å²) in [5, 5.41) is 0.391. The van der Waals surface area contributed by atoms with E-state index in [0.29, 0.717) is 6.61 Å². The molecule has 5 heteroatoms. The molecule has 1 heterocycles. The summed E-state index contributed by atoms with van der Waals surface area (Å²) in [5.74, 6) is 0.898. The van der Waals surface area contributed by atoms with E-state index in [1.54, 1.807) is 0 Å². The summed E-state index contributed by atoms with van der Waals surface area (Å²) in [6, 6.07) is 0. The predicted molar refractivity (Wildman–Crippen MR) is 113 cm³/mol. The molecular weight excluding hydrogens is 344 g/mol. The van der Waals surface area contributed by atoms with Crippen molar-refractivity contribution in [1.29, 1.82) is 0 Å². The zero-order chi connectivity index (χ0) is 19.7. The molecule has 0 amide bonds. The lowest BCUT2D eigenvalue weighted by molar-refractivity contribution is 0.0295. The van der Waals surface area contributed by atoms with Crippen molar-refractivity contribution >= 4 is 16.6 Å². The largest absolute Gasteiger partial charge is 0.490 e. The smallest absolute Gasteiger partial charge is 0.193 e. The highest BCUT2D eigenvalue weighted by atomic mass is 28.4. The van der Waals surface area contributed by atoms with Gasteiger partial charge in [0.25, 0.3) is 0 Å². The fraction of sp³-hybridized carbons (Fsp3) is 0.800. The highest BCUT2D eigenvalue weighted by molar-refractivity contribution is 6.74. The molecule has 0 N–H and O–H groups in total. The van der Waals surface area contributed by atoms with Gasteiger partial charge in [-0.15, -0.1) is 0 Å². The molecule has 25 heavy (non-hydrogen) atoms. The Balaban J connectivity index is 2.72. The molecule has 0 saturated carbocycles. The van der Waals surface area contributed by atoms with Crippen molar-refractivity contribution in [3.8, 4) is 0 Å². The first kappa shape index (κ1) is 22.7. The monoisotopic (exact) mass is 384 g/mol. The minimum Gasteiger partial charge on any atom is -0.490 e. The van der Waals surface area contributed by atoms with E-state index in [9.17, 15) is 0 Å². The Morgan fingerprint density at radius 3 is 1.96 bits per heavy atom. The van der Waals surface area contributed by atoms with Gasteiger partial charge in [0.15, 0.2) is 16.6 Å². The first-order valence-electron chi connectivity index (χ1n) is 9.43. The van der Waals surface area contributed by atoms with Gasteiger partial charge in [0, 0.05) is 0 Å². The molecule has 1 rings (SSSR count). The van der Waals surface area contributed by atoms with Crippen LogP contribution in [0.2, 0.25) is 36.3 Å². The van der Waals surface area contributed by atoms with Crippen molar-refractivity contribution in [2.75, 3.05) is 6.61 Å². The van der Waals surface area contributed by atoms with Crippen LogP contribution in [0.15, 0.2) is 24.0 Å². The van der Waals surface area contributed by atoms with Gasteiger partial charge < -0.3 is 13.6 Å². The maximum atomic E-state index is 6.55. The van der Waals surface area contributed by atoms with Crippen LogP contribution >= 0.6 is 0 Å². The minimum atomic E-state index is -1.83. The molecule has 0 aromatic carbocycles. The lowest BCUT2D eigenvalue weighted by Crippen LogP contribution is -2.46. The van der Waals surface area contributed by atoms with E-state index >= 15 is 0 Å². The third-order valence-corrected chi connectivity index (χ3v) is 15.0. The molecule has 0 saturated heterocycles.